The summed E-state index contributed by atoms with van der Waals surface area (Å²) in [5, 5.41) is 11.8. The molecule has 0 radical (unpaired) electrons. The van der Waals surface area contributed by atoms with E-state index in [-0.39, 0.29) is 6.61 Å². The Morgan fingerprint density at radius 2 is 2.18 bits per heavy atom. The van der Waals surface area contributed by atoms with Crippen molar-refractivity contribution in [2.75, 3.05) is 18.1 Å². The molecular formula is C8H12N2O. The average molecular weight is 152 g/mol. The fraction of sp³-hybridized carbons (Fsp3) is 0.250. The number of aliphatic hydroxyl groups excluding tert-OH is 1. The van der Waals surface area contributed by atoms with Crippen molar-refractivity contribution in [1.82, 2.24) is 0 Å². The van der Waals surface area contributed by atoms with Crippen LogP contribution in [0.15, 0.2) is 18.2 Å². The summed E-state index contributed by atoms with van der Waals surface area (Å²) < 4.78 is 0. The van der Waals surface area contributed by atoms with E-state index in [9.17, 15) is 0 Å². The molecule has 0 aromatic heterocycles. The van der Waals surface area contributed by atoms with Crippen molar-refractivity contribution in [3.8, 4) is 0 Å². The molecule has 0 heterocycles. The molecule has 3 heteroatoms. The minimum Gasteiger partial charge on any atom is -0.399 e. The lowest BCUT2D eigenvalue weighted by Crippen LogP contribution is -1.94. The van der Waals surface area contributed by atoms with Crippen molar-refractivity contribution < 1.29 is 5.11 Å². The van der Waals surface area contributed by atoms with Crippen molar-refractivity contribution in [1.29, 1.82) is 0 Å². The molecule has 0 aliphatic heterocycles. The molecule has 11 heavy (non-hydrogen) atoms. The van der Waals surface area contributed by atoms with E-state index < -0.39 is 0 Å². The van der Waals surface area contributed by atoms with Gasteiger partial charge in [-0.2, -0.15) is 0 Å². The Kier molecular flexibility index (Phi) is 2.33. The van der Waals surface area contributed by atoms with Gasteiger partial charge in [-0.05, 0) is 23.8 Å². The number of nitrogens with one attached hydrogen (secondary N) is 1. The number of rotatable bonds is 2. The van der Waals surface area contributed by atoms with Gasteiger partial charge < -0.3 is 16.2 Å². The Balaban J connectivity index is 3.02. The van der Waals surface area contributed by atoms with Crippen LogP contribution in [0.3, 0.4) is 0 Å². The summed E-state index contributed by atoms with van der Waals surface area (Å²) in [6, 6.07) is 5.43. The number of aliphatic hydroxyl groups is 1. The molecule has 1 aromatic carbocycles. The molecule has 0 amide bonds. The summed E-state index contributed by atoms with van der Waals surface area (Å²) >= 11 is 0. The molecule has 0 bridgehead atoms. The van der Waals surface area contributed by atoms with Crippen LogP contribution in [-0.2, 0) is 6.61 Å². The van der Waals surface area contributed by atoms with Gasteiger partial charge in [-0.3, -0.25) is 0 Å². The van der Waals surface area contributed by atoms with Crippen LogP contribution < -0.4 is 11.1 Å². The van der Waals surface area contributed by atoms with Gasteiger partial charge >= 0.3 is 0 Å². The summed E-state index contributed by atoms with van der Waals surface area (Å²) in [5.41, 5.74) is 7.98. The van der Waals surface area contributed by atoms with Gasteiger partial charge in [0.1, 0.15) is 0 Å². The first-order chi connectivity index (χ1) is 5.26. The third kappa shape index (κ3) is 1.85. The third-order valence-electron chi connectivity index (χ3n) is 1.49. The Morgan fingerprint density at radius 1 is 1.45 bits per heavy atom. The highest BCUT2D eigenvalue weighted by atomic mass is 16.3. The van der Waals surface area contributed by atoms with Crippen molar-refractivity contribution in [3.05, 3.63) is 23.8 Å². The highest BCUT2D eigenvalue weighted by Gasteiger charge is 1.94. The molecule has 60 valence electrons. The third-order valence-corrected chi connectivity index (χ3v) is 1.49. The topological polar surface area (TPSA) is 58.3 Å². The van der Waals surface area contributed by atoms with E-state index in [1.165, 1.54) is 0 Å². The first-order valence-corrected chi connectivity index (χ1v) is 3.44. The maximum Gasteiger partial charge on any atom is 0.0683 e. The molecule has 0 aliphatic carbocycles. The maximum atomic E-state index is 8.80. The number of hydrogen-bond acceptors (Lipinski definition) is 3. The lowest BCUT2D eigenvalue weighted by Gasteiger charge is -2.03. The van der Waals surface area contributed by atoms with Crippen molar-refractivity contribution in [3.63, 3.8) is 0 Å². The summed E-state index contributed by atoms with van der Waals surface area (Å²) in [4.78, 5) is 0. The normalized spacial score (nSPS) is 9.64. The van der Waals surface area contributed by atoms with E-state index in [4.69, 9.17) is 10.8 Å². The van der Waals surface area contributed by atoms with Gasteiger partial charge in [0.2, 0.25) is 0 Å². The van der Waals surface area contributed by atoms with E-state index in [2.05, 4.69) is 5.32 Å². The molecular weight excluding hydrogens is 140 g/mol. The average Bonchev–Trinajstić information content (AvgIpc) is 2.03. The van der Waals surface area contributed by atoms with Crippen molar-refractivity contribution >= 4 is 11.4 Å². The number of hydrogen-bond donors (Lipinski definition) is 3. The Morgan fingerprint density at radius 3 is 2.73 bits per heavy atom. The molecule has 4 N–H and O–H groups in total. The molecule has 0 aliphatic rings. The molecule has 0 atom stereocenters. The fourth-order valence-electron chi connectivity index (χ4n) is 0.954. The highest BCUT2D eigenvalue weighted by Crippen LogP contribution is 2.15. The summed E-state index contributed by atoms with van der Waals surface area (Å²) in [7, 11) is 1.82. The van der Waals surface area contributed by atoms with Crippen LogP contribution in [0.25, 0.3) is 0 Å². The van der Waals surface area contributed by atoms with Gasteiger partial charge in [0.15, 0.2) is 0 Å². The zero-order valence-electron chi connectivity index (χ0n) is 6.46. The Hall–Kier alpha value is -1.22. The van der Waals surface area contributed by atoms with Crippen LogP contribution >= 0.6 is 0 Å². The maximum absolute atomic E-state index is 8.80. The minimum atomic E-state index is 0.0275. The van der Waals surface area contributed by atoms with Crippen molar-refractivity contribution in [2.24, 2.45) is 0 Å². The van der Waals surface area contributed by atoms with E-state index in [0.717, 1.165) is 11.3 Å². The van der Waals surface area contributed by atoms with E-state index in [1.54, 1.807) is 6.07 Å². The predicted octanol–water partition coefficient (Wildman–Crippen LogP) is 0.803. The van der Waals surface area contributed by atoms with Gasteiger partial charge in [-0.1, -0.05) is 0 Å². The first kappa shape index (κ1) is 7.88. The second kappa shape index (κ2) is 3.25. The smallest absolute Gasteiger partial charge is 0.0683 e. The predicted molar refractivity (Wildman–Crippen MR) is 46.3 cm³/mol. The van der Waals surface area contributed by atoms with Crippen LogP contribution in [0.1, 0.15) is 5.56 Å². The molecule has 1 aromatic rings. The van der Waals surface area contributed by atoms with Gasteiger partial charge in [-0.15, -0.1) is 0 Å². The summed E-state index contributed by atoms with van der Waals surface area (Å²) in [5.74, 6) is 0. The summed E-state index contributed by atoms with van der Waals surface area (Å²) in [6.07, 6.45) is 0. The molecule has 0 spiro atoms. The molecule has 0 unspecified atom stereocenters. The zero-order chi connectivity index (χ0) is 8.27. The van der Waals surface area contributed by atoms with Crippen LogP contribution in [-0.4, -0.2) is 12.2 Å². The Labute approximate surface area is 65.8 Å². The van der Waals surface area contributed by atoms with E-state index in [1.807, 2.05) is 19.2 Å². The molecule has 0 saturated heterocycles. The lowest BCUT2D eigenvalue weighted by molar-refractivity contribution is 0.282. The quantitative estimate of drug-likeness (QED) is 0.549. The van der Waals surface area contributed by atoms with Crippen molar-refractivity contribution in [2.45, 2.75) is 6.61 Å². The fourth-order valence-corrected chi connectivity index (χ4v) is 0.954. The van der Waals surface area contributed by atoms with Crippen LogP contribution in [0.5, 0.6) is 0 Å². The van der Waals surface area contributed by atoms with Gasteiger partial charge in [-0.25, -0.2) is 0 Å². The second-order valence-corrected chi connectivity index (χ2v) is 2.37. The van der Waals surface area contributed by atoms with Crippen LogP contribution in [0, 0.1) is 0 Å². The van der Waals surface area contributed by atoms with Crippen LogP contribution in [0.4, 0.5) is 11.4 Å². The lowest BCUT2D eigenvalue weighted by atomic mass is 10.2. The second-order valence-electron chi connectivity index (χ2n) is 2.37. The largest absolute Gasteiger partial charge is 0.399 e. The molecule has 0 fully saturated rings. The van der Waals surface area contributed by atoms with Gasteiger partial charge in [0.05, 0.1) is 6.61 Å². The minimum absolute atomic E-state index is 0.0275. The number of benzene rings is 1. The number of nitrogens with two attached hydrogens (primary N) is 1. The van der Waals surface area contributed by atoms with Crippen LogP contribution in [0.2, 0.25) is 0 Å². The molecule has 0 saturated carbocycles. The number of nitrogen functional groups attached to an aromatic ring is 1. The van der Waals surface area contributed by atoms with E-state index in [0.29, 0.717) is 5.69 Å². The summed E-state index contributed by atoms with van der Waals surface area (Å²) in [6.45, 7) is 0.0275. The zero-order valence-corrected chi connectivity index (χ0v) is 6.46. The highest BCUT2D eigenvalue weighted by molar-refractivity contribution is 5.56. The van der Waals surface area contributed by atoms with Gasteiger partial charge in [0.25, 0.3) is 0 Å². The molecule has 3 nitrogen and oxygen atoms in total. The van der Waals surface area contributed by atoms with Gasteiger partial charge in [0, 0.05) is 18.4 Å². The SMILES string of the molecule is CNc1cc(N)cc(CO)c1. The monoisotopic (exact) mass is 152 g/mol. The Bertz CT molecular complexity index is 226. The van der Waals surface area contributed by atoms with E-state index >= 15 is 0 Å². The first-order valence-electron chi connectivity index (χ1n) is 3.44. The standard InChI is InChI=1S/C8H12N2O/c1-10-8-3-6(5-11)2-7(9)4-8/h2-4,10-11H,5,9H2,1H3. The molecule has 1 rings (SSSR count). The number of anilines is 2.